The summed E-state index contributed by atoms with van der Waals surface area (Å²) in [6.07, 6.45) is 33.5. The van der Waals surface area contributed by atoms with Crippen molar-refractivity contribution in [2.75, 3.05) is 6.54 Å². The third-order valence-electron chi connectivity index (χ3n) is 7.20. The van der Waals surface area contributed by atoms with Crippen LogP contribution in [-0.4, -0.2) is 28.5 Å². The lowest BCUT2D eigenvalue weighted by Crippen LogP contribution is -2.57. The summed E-state index contributed by atoms with van der Waals surface area (Å²) >= 11 is 0. The van der Waals surface area contributed by atoms with Crippen LogP contribution >= 0.6 is 0 Å². The monoisotopic (exact) mass is 435 g/mol. The number of nitrogens with zero attached hydrogens (tertiary/aromatic N) is 1. The first-order valence-corrected chi connectivity index (χ1v) is 13.8. The van der Waals surface area contributed by atoms with Gasteiger partial charge >= 0.3 is 0 Å². The minimum absolute atomic E-state index is 0.335. The highest BCUT2D eigenvalue weighted by molar-refractivity contribution is 4.84. The quantitative estimate of drug-likeness (QED) is 0.108. The van der Waals surface area contributed by atoms with E-state index in [1.54, 1.807) is 0 Å². The summed E-state index contributed by atoms with van der Waals surface area (Å²) in [5.74, 6) is 0. The molecule has 0 aromatic carbocycles. The molecule has 0 radical (unpaired) electrons. The molecule has 0 aromatic rings. The number of hydrogen-bond donors (Lipinski definition) is 2. The van der Waals surface area contributed by atoms with Gasteiger partial charge in [-0.25, -0.2) is 0 Å². The minimum Gasteiger partial charge on any atom is -0.345 e. The van der Waals surface area contributed by atoms with Gasteiger partial charge in [0, 0.05) is 13.3 Å². The molecule has 3 atom stereocenters. The highest BCUT2D eigenvalue weighted by Crippen LogP contribution is 2.26. The zero-order chi connectivity index (χ0) is 22.6. The van der Waals surface area contributed by atoms with Crippen molar-refractivity contribution < 1.29 is 9.59 Å². The highest BCUT2D eigenvalue weighted by atomic mass is 16.3. The SMILES string of the molecule is CCCCC/C=C/CCCCCCCCCCCCCCC1NC=C[N+]1(CC)C(C)O. The predicted molar refractivity (Wildman–Crippen MR) is 136 cm³/mol. The Balaban J connectivity index is 1.83. The van der Waals surface area contributed by atoms with Crippen LogP contribution in [-0.2, 0) is 0 Å². The summed E-state index contributed by atoms with van der Waals surface area (Å²) in [5.41, 5.74) is 0. The van der Waals surface area contributed by atoms with Gasteiger partial charge in [-0.1, -0.05) is 96.1 Å². The topological polar surface area (TPSA) is 32.3 Å². The molecule has 3 heteroatoms. The van der Waals surface area contributed by atoms with E-state index in [9.17, 15) is 5.11 Å². The zero-order valence-electron chi connectivity index (χ0n) is 21.3. The van der Waals surface area contributed by atoms with E-state index < -0.39 is 0 Å². The largest absolute Gasteiger partial charge is 0.345 e. The number of rotatable bonds is 21. The normalized spacial score (nSPS) is 21.7. The summed E-state index contributed by atoms with van der Waals surface area (Å²) in [4.78, 5) is 0. The Kier molecular flexibility index (Phi) is 17.1. The Bertz CT molecular complexity index is 460. The molecule has 3 nitrogen and oxygen atoms in total. The van der Waals surface area contributed by atoms with Crippen molar-refractivity contribution in [3.63, 3.8) is 0 Å². The third kappa shape index (κ3) is 12.1. The van der Waals surface area contributed by atoms with Crippen LogP contribution in [0.15, 0.2) is 24.6 Å². The van der Waals surface area contributed by atoms with E-state index >= 15 is 0 Å². The van der Waals surface area contributed by atoms with Crippen molar-refractivity contribution in [3.8, 4) is 0 Å². The van der Waals surface area contributed by atoms with Gasteiger partial charge in [0.15, 0.2) is 12.4 Å². The highest BCUT2D eigenvalue weighted by Gasteiger charge is 2.40. The zero-order valence-corrected chi connectivity index (χ0v) is 21.3. The Hall–Kier alpha value is -0.800. The van der Waals surface area contributed by atoms with Crippen LogP contribution in [0.5, 0.6) is 0 Å². The molecule has 0 amide bonds. The van der Waals surface area contributed by atoms with Crippen LogP contribution < -0.4 is 5.32 Å². The summed E-state index contributed by atoms with van der Waals surface area (Å²) in [6.45, 7) is 7.31. The first-order chi connectivity index (χ1) is 15.2. The van der Waals surface area contributed by atoms with Gasteiger partial charge in [0.2, 0.25) is 0 Å². The molecule has 1 heterocycles. The molecule has 1 aliphatic heterocycles. The minimum atomic E-state index is -0.335. The lowest BCUT2D eigenvalue weighted by Gasteiger charge is -2.39. The van der Waals surface area contributed by atoms with E-state index in [2.05, 4.69) is 37.5 Å². The van der Waals surface area contributed by atoms with Gasteiger partial charge < -0.3 is 10.4 Å². The third-order valence-corrected chi connectivity index (χ3v) is 7.20. The van der Waals surface area contributed by atoms with Gasteiger partial charge in [-0.2, -0.15) is 0 Å². The lowest BCUT2D eigenvalue weighted by atomic mass is 10.0. The van der Waals surface area contributed by atoms with Crippen molar-refractivity contribution in [2.45, 2.75) is 149 Å². The average Bonchev–Trinajstić information content (AvgIpc) is 3.19. The smallest absolute Gasteiger partial charge is 0.193 e. The summed E-state index contributed by atoms with van der Waals surface area (Å²) in [6, 6.07) is 0. The Morgan fingerprint density at radius 1 is 0.774 bits per heavy atom. The maximum atomic E-state index is 10.2. The molecule has 31 heavy (non-hydrogen) atoms. The molecule has 1 aliphatic rings. The Morgan fingerprint density at radius 2 is 1.26 bits per heavy atom. The van der Waals surface area contributed by atoms with Crippen LogP contribution in [0.25, 0.3) is 0 Å². The second-order valence-electron chi connectivity index (χ2n) is 9.73. The molecule has 182 valence electrons. The molecule has 0 fully saturated rings. The molecule has 0 aliphatic carbocycles. The lowest BCUT2D eigenvalue weighted by molar-refractivity contribution is -0.942. The maximum Gasteiger partial charge on any atom is 0.193 e. The van der Waals surface area contributed by atoms with Gasteiger partial charge in [0.05, 0.1) is 12.7 Å². The van der Waals surface area contributed by atoms with Crippen molar-refractivity contribution in [2.24, 2.45) is 0 Å². The number of allylic oxidation sites excluding steroid dienone is 2. The van der Waals surface area contributed by atoms with Crippen LogP contribution in [0.2, 0.25) is 0 Å². The number of nitrogens with one attached hydrogen (secondary N) is 1. The van der Waals surface area contributed by atoms with Crippen molar-refractivity contribution in [3.05, 3.63) is 24.6 Å². The van der Waals surface area contributed by atoms with Crippen LogP contribution in [0.1, 0.15) is 136 Å². The molecule has 2 N–H and O–H groups in total. The van der Waals surface area contributed by atoms with Gasteiger partial charge in [-0.3, -0.25) is 4.48 Å². The van der Waals surface area contributed by atoms with Crippen molar-refractivity contribution >= 4 is 0 Å². The van der Waals surface area contributed by atoms with Gasteiger partial charge in [0.1, 0.15) is 6.20 Å². The molecule has 0 saturated carbocycles. The fourth-order valence-corrected chi connectivity index (χ4v) is 4.95. The van der Waals surface area contributed by atoms with E-state index in [4.69, 9.17) is 0 Å². The summed E-state index contributed by atoms with van der Waals surface area (Å²) in [7, 11) is 0. The standard InChI is InChI=1S/C28H55N2O/c1-4-6-7-8-9-10-11-12-13-14-15-16-17-18-19-20-21-22-23-24-28-29-25-26-30(28,5-2)27(3)31/h9-10,25-29,31H,4-8,11-24H2,1-3H3/q+1/b10-9+. The van der Waals surface area contributed by atoms with Crippen LogP contribution in [0, 0.1) is 0 Å². The molecule has 1 rings (SSSR count). The van der Waals surface area contributed by atoms with Gasteiger partial charge in [0.25, 0.3) is 0 Å². The molecule has 0 bridgehead atoms. The van der Waals surface area contributed by atoms with Gasteiger partial charge in [-0.05, 0) is 39.0 Å². The molecular weight excluding hydrogens is 380 g/mol. The fourth-order valence-electron chi connectivity index (χ4n) is 4.95. The number of hydrogen-bond acceptors (Lipinski definition) is 2. The maximum absolute atomic E-state index is 10.2. The predicted octanol–water partition coefficient (Wildman–Crippen LogP) is 8.16. The van der Waals surface area contributed by atoms with Gasteiger partial charge in [-0.15, -0.1) is 0 Å². The van der Waals surface area contributed by atoms with E-state index in [1.165, 1.54) is 109 Å². The number of aliphatic hydroxyl groups excluding tert-OH is 1. The summed E-state index contributed by atoms with van der Waals surface area (Å²) in [5, 5.41) is 13.7. The Morgan fingerprint density at radius 3 is 1.74 bits per heavy atom. The average molecular weight is 436 g/mol. The van der Waals surface area contributed by atoms with E-state index in [0.717, 1.165) is 13.0 Å². The van der Waals surface area contributed by atoms with E-state index in [-0.39, 0.29) is 6.23 Å². The Labute approximate surface area is 195 Å². The number of quaternary nitrogens is 1. The molecule has 0 spiro atoms. The first-order valence-electron chi connectivity index (χ1n) is 13.8. The summed E-state index contributed by atoms with van der Waals surface area (Å²) < 4.78 is 0.676. The van der Waals surface area contributed by atoms with Crippen molar-refractivity contribution in [1.82, 2.24) is 5.32 Å². The molecule has 0 saturated heterocycles. The van der Waals surface area contributed by atoms with Crippen LogP contribution in [0.4, 0.5) is 0 Å². The van der Waals surface area contributed by atoms with Crippen molar-refractivity contribution in [1.29, 1.82) is 0 Å². The first kappa shape index (κ1) is 28.2. The molecule has 3 unspecified atom stereocenters. The van der Waals surface area contributed by atoms with Crippen LogP contribution in [0.3, 0.4) is 0 Å². The molecule has 0 aromatic heterocycles. The fraction of sp³-hybridized carbons (Fsp3) is 0.857. The van der Waals surface area contributed by atoms with E-state index in [0.29, 0.717) is 10.6 Å². The van der Waals surface area contributed by atoms with E-state index in [1.807, 2.05) is 13.1 Å². The number of unbranched alkanes of at least 4 members (excludes halogenated alkanes) is 15. The number of aliphatic hydroxyl groups is 1. The second-order valence-corrected chi connectivity index (χ2v) is 9.73. The second kappa shape index (κ2) is 18.7. The molecular formula is C28H55N2O+.